The minimum atomic E-state index is 0.482. The number of hydrogen-bond acceptors (Lipinski definition) is 5. The SMILES string of the molecule is COc1ncnc(OC)c1CNCC1(C(C)C)CC1. The molecule has 1 aliphatic carbocycles. The van der Waals surface area contributed by atoms with Crippen molar-refractivity contribution in [2.45, 2.75) is 33.2 Å². The van der Waals surface area contributed by atoms with Crippen LogP contribution in [0.25, 0.3) is 0 Å². The van der Waals surface area contributed by atoms with E-state index in [9.17, 15) is 0 Å². The Morgan fingerprint density at radius 2 is 1.79 bits per heavy atom. The summed E-state index contributed by atoms with van der Waals surface area (Å²) in [5.74, 6) is 1.87. The number of ether oxygens (including phenoxy) is 2. The van der Waals surface area contributed by atoms with Gasteiger partial charge in [-0.1, -0.05) is 13.8 Å². The zero-order chi connectivity index (χ0) is 13.9. The molecular weight excluding hydrogens is 242 g/mol. The van der Waals surface area contributed by atoms with Gasteiger partial charge in [0, 0.05) is 13.1 Å². The Hall–Kier alpha value is -1.36. The first-order chi connectivity index (χ1) is 9.13. The third-order valence-electron chi connectivity index (χ3n) is 4.15. The second-order valence-corrected chi connectivity index (χ2v) is 5.49. The molecule has 1 aromatic rings. The second kappa shape index (κ2) is 5.74. The van der Waals surface area contributed by atoms with Crippen molar-refractivity contribution >= 4 is 0 Å². The first kappa shape index (κ1) is 14.1. The Morgan fingerprint density at radius 3 is 2.21 bits per heavy atom. The third kappa shape index (κ3) is 2.97. The van der Waals surface area contributed by atoms with Crippen molar-refractivity contribution in [2.24, 2.45) is 11.3 Å². The number of methoxy groups -OCH3 is 2. The van der Waals surface area contributed by atoms with Gasteiger partial charge >= 0.3 is 0 Å². The van der Waals surface area contributed by atoms with Crippen LogP contribution in [-0.4, -0.2) is 30.7 Å². The fraction of sp³-hybridized carbons (Fsp3) is 0.714. The van der Waals surface area contributed by atoms with Gasteiger partial charge in [0.1, 0.15) is 6.33 Å². The van der Waals surface area contributed by atoms with Crippen LogP contribution in [0.3, 0.4) is 0 Å². The summed E-state index contributed by atoms with van der Waals surface area (Å²) in [4.78, 5) is 8.24. The first-order valence-electron chi connectivity index (χ1n) is 6.75. The lowest BCUT2D eigenvalue weighted by atomic mass is 9.92. The number of nitrogens with one attached hydrogen (secondary N) is 1. The number of hydrogen-bond donors (Lipinski definition) is 1. The predicted molar refractivity (Wildman–Crippen MR) is 73.3 cm³/mol. The third-order valence-corrected chi connectivity index (χ3v) is 4.15. The van der Waals surface area contributed by atoms with Gasteiger partial charge in [-0.2, -0.15) is 0 Å². The highest BCUT2D eigenvalue weighted by molar-refractivity contribution is 5.34. The van der Waals surface area contributed by atoms with Crippen LogP contribution in [0.15, 0.2) is 6.33 Å². The fourth-order valence-electron chi connectivity index (χ4n) is 2.44. The molecule has 0 atom stereocenters. The summed E-state index contributed by atoms with van der Waals surface area (Å²) in [6.07, 6.45) is 4.09. The number of rotatable bonds is 7. The molecule has 1 aliphatic rings. The second-order valence-electron chi connectivity index (χ2n) is 5.49. The molecule has 0 amide bonds. The van der Waals surface area contributed by atoms with Gasteiger partial charge in [-0.05, 0) is 24.2 Å². The Bertz CT molecular complexity index is 408. The quantitative estimate of drug-likeness (QED) is 0.817. The lowest BCUT2D eigenvalue weighted by Gasteiger charge is -2.20. The first-order valence-corrected chi connectivity index (χ1v) is 6.75. The standard InChI is InChI=1S/C14H23N3O2/c1-10(2)14(5-6-14)8-15-7-11-12(18-3)16-9-17-13(11)19-4/h9-10,15H,5-8H2,1-4H3. The van der Waals surface area contributed by atoms with E-state index in [0.717, 1.165) is 18.0 Å². The molecule has 0 radical (unpaired) electrons. The van der Waals surface area contributed by atoms with Gasteiger partial charge < -0.3 is 14.8 Å². The summed E-state index contributed by atoms with van der Waals surface area (Å²) in [7, 11) is 3.23. The average molecular weight is 265 g/mol. The Kier molecular flexibility index (Phi) is 4.24. The van der Waals surface area contributed by atoms with E-state index in [-0.39, 0.29) is 0 Å². The van der Waals surface area contributed by atoms with Crippen LogP contribution in [0.4, 0.5) is 0 Å². The van der Waals surface area contributed by atoms with E-state index < -0.39 is 0 Å². The van der Waals surface area contributed by atoms with Crippen LogP contribution in [0.5, 0.6) is 11.8 Å². The topological polar surface area (TPSA) is 56.3 Å². The van der Waals surface area contributed by atoms with Crippen LogP contribution in [0.2, 0.25) is 0 Å². The molecule has 0 saturated heterocycles. The summed E-state index contributed by atoms with van der Waals surface area (Å²) < 4.78 is 10.5. The molecule has 5 nitrogen and oxygen atoms in total. The van der Waals surface area contributed by atoms with E-state index in [1.165, 1.54) is 19.2 Å². The lowest BCUT2D eigenvalue weighted by Crippen LogP contribution is -2.27. The maximum Gasteiger partial charge on any atom is 0.224 e. The average Bonchev–Trinajstić information content (AvgIpc) is 3.20. The maximum atomic E-state index is 5.26. The van der Waals surface area contributed by atoms with Crippen LogP contribution in [0, 0.1) is 11.3 Å². The van der Waals surface area contributed by atoms with E-state index in [0.29, 0.717) is 23.7 Å². The zero-order valence-corrected chi connectivity index (χ0v) is 12.2. The molecule has 5 heteroatoms. The van der Waals surface area contributed by atoms with Gasteiger partial charge in [0.05, 0.1) is 19.8 Å². The molecule has 0 unspecified atom stereocenters. The molecule has 0 spiro atoms. The van der Waals surface area contributed by atoms with Crippen LogP contribution < -0.4 is 14.8 Å². The van der Waals surface area contributed by atoms with Gasteiger partial charge in [-0.15, -0.1) is 0 Å². The van der Waals surface area contributed by atoms with Crippen molar-refractivity contribution in [1.82, 2.24) is 15.3 Å². The summed E-state index contributed by atoms with van der Waals surface area (Å²) >= 11 is 0. The smallest absolute Gasteiger partial charge is 0.224 e. The molecule has 106 valence electrons. The van der Waals surface area contributed by atoms with E-state index in [1.54, 1.807) is 14.2 Å². The van der Waals surface area contributed by atoms with E-state index in [4.69, 9.17) is 9.47 Å². The van der Waals surface area contributed by atoms with Gasteiger partial charge in [-0.3, -0.25) is 0 Å². The maximum absolute atomic E-state index is 5.26. The van der Waals surface area contributed by atoms with E-state index in [1.807, 2.05) is 0 Å². The van der Waals surface area contributed by atoms with Gasteiger partial charge in [0.15, 0.2) is 0 Å². The minimum Gasteiger partial charge on any atom is -0.481 e. The molecule has 2 rings (SSSR count). The summed E-state index contributed by atoms with van der Waals surface area (Å²) in [5, 5.41) is 3.50. The normalized spacial score (nSPS) is 16.5. The van der Waals surface area contributed by atoms with Crippen molar-refractivity contribution in [3.63, 3.8) is 0 Å². The molecule has 1 saturated carbocycles. The summed E-state index contributed by atoms with van der Waals surface area (Å²) in [5.41, 5.74) is 1.36. The molecule has 19 heavy (non-hydrogen) atoms. The van der Waals surface area contributed by atoms with Crippen molar-refractivity contribution in [2.75, 3.05) is 20.8 Å². The highest BCUT2D eigenvalue weighted by atomic mass is 16.5. The summed E-state index contributed by atoms with van der Waals surface area (Å²) in [6, 6.07) is 0. The van der Waals surface area contributed by atoms with E-state index in [2.05, 4.69) is 29.1 Å². The predicted octanol–water partition coefficient (Wildman–Crippen LogP) is 2.02. The number of aromatic nitrogens is 2. The van der Waals surface area contributed by atoms with Crippen molar-refractivity contribution < 1.29 is 9.47 Å². The molecule has 0 bridgehead atoms. The highest BCUT2D eigenvalue weighted by Crippen LogP contribution is 2.51. The van der Waals surface area contributed by atoms with Crippen molar-refractivity contribution in [3.8, 4) is 11.8 Å². The highest BCUT2D eigenvalue weighted by Gasteiger charge is 2.44. The fourth-order valence-corrected chi connectivity index (χ4v) is 2.44. The Morgan fingerprint density at radius 1 is 1.21 bits per heavy atom. The Labute approximate surface area is 114 Å². The molecular formula is C14H23N3O2. The van der Waals surface area contributed by atoms with E-state index >= 15 is 0 Å². The molecule has 0 aromatic carbocycles. The summed E-state index contributed by atoms with van der Waals surface area (Å²) in [6.45, 7) is 6.27. The monoisotopic (exact) mass is 265 g/mol. The molecule has 1 fully saturated rings. The van der Waals surface area contributed by atoms with Crippen LogP contribution in [-0.2, 0) is 6.54 Å². The molecule has 1 aromatic heterocycles. The van der Waals surface area contributed by atoms with Gasteiger partial charge in [0.2, 0.25) is 11.8 Å². The van der Waals surface area contributed by atoms with Gasteiger partial charge in [0.25, 0.3) is 0 Å². The number of nitrogens with zero attached hydrogens (tertiary/aromatic N) is 2. The van der Waals surface area contributed by atoms with Crippen molar-refractivity contribution in [1.29, 1.82) is 0 Å². The van der Waals surface area contributed by atoms with Crippen LogP contribution >= 0.6 is 0 Å². The zero-order valence-electron chi connectivity index (χ0n) is 12.2. The van der Waals surface area contributed by atoms with Crippen molar-refractivity contribution in [3.05, 3.63) is 11.9 Å². The molecule has 0 aliphatic heterocycles. The largest absolute Gasteiger partial charge is 0.481 e. The minimum absolute atomic E-state index is 0.482. The van der Waals surface area contributed by atoms with Gasteiger partial charge in [-0.25, -0.2) is 9.97 Å². The molecule has 1 N–H and O–H groups in total. The van der Waals surface area contributed by atoms with Crippen LogP contribution in [0.1, 0.15) is 32.3 Å². The lowest BCUT2D eigenvalue weighted by molar-refractivity contribution is 0.328. The Balaban J connectivity index is 1.99. The molecule has 1 heterocycles.